The summed E-state index contributed by atoms with van der Waals surface area (Å²) < 4.78 is 0. The topological polar surface area (TPSA) is 102 Å². The Morgan fingerprint density at radius 1 is 1.62 bits per heavy atom. The Kier molecular flexibility index (Phi) is 4.21. The summed E-state index contributed by atoms with van der Waals surface area (Å²) in [5, 5.41) is 19.8. The summed E-state index contributed by atoms with van der Waals surface area (Å²) >= 11 is 5.44. The number of nitrogens with two attached hydrogens (primary N) is 1. The number of aliphatic imine (C=N–C) groups is 1. The Labute approximate surface area is 96.5 Å². The van der Waals surface area contributed by atoms with Gasteiger partial charge in [-0.1, -0.05) is 12.1 Å². The standard InChI is InChI=1S/C9H10ClN3O3/c10-4-8(11)12-9-6(5-14)2-1-3-7(9)13(15)16/h1-3,14H,4-5H2,(H2,11,12). The van der Waals surface area contributed by atoms with Crippen molar-refractivity contribution in [2.45, 2.75) is 6.61 Å². The fourth-order valence-corrected chi connectivity index (χ4v) is 1.22. The van der Waals surface area contributed by atoms with Crippen LogP contribution in [-0.2, 0) is 6.61 Å². The van der Waals surface area contributed by atoms with Crippen LogP contribution < -0.4 is 5.73 Å². The minimum Gasteiger partial charge on any atom is -0.392 e. The van der Waals surface area contributed by atoms with E-state index in [0.717, 1.165) is 0 Å². The molecule has 0 amide bonds. The third kappa shape index (κ3) is 2.68. The first-order valence-electron chi connectivity index (χ1n) is 4.36. The van der Waals surface area contributed by atoms with Crippen molar-refractivity contribution in [3.63, 3.8) is 0 Å². The summed E-state index contributed by atoms with van der Waals surface area (Å²) in [5.74, 6) is 0.0300. The predicted octanol–water partition coefficient (Wildman–Crippen LogP) is 1.31. The molecule has 0 aromatic heterocycles. The van der Waals surface area contributed by atoms with Gasteiger partial charge in [0.2, 0.25) is 0 Å². The van der Waals surface area contributed by atoms with E-state index in [4.69, 9.17) is 22.4 Å². The Morgan fingerprint density at radius 2 is 2.31 bits per heavy atom. The fourth-order valence-electron chi connectivity index (χ4n) is 1.16. The van der Waals surface area contributed by atoms with Crippen molar-refractivity contribution in [2.75, 3.05) is 5.88 Å². The van der Waals surface area contributed by atoms with Crippen molar-refractivity contribution < 1.29 is 10.0 Å². The van der Waals surface area contributed by atoms with Gasteiger partial charge in [-0.3, -0.25) is 10.1 Å². The van der Waals surface area contributed by atoms with E-state index in [1.165, 1.54) is 18.2 Å². The zero-order chi connectivity index (χ0) is 12.1. The number of aliphatic hydroxyl groups is 1. The molecule has 0 radical (unpaired) electrons. The molecule has 1 aromatic carbocycles. The number of para-hydroxylation sites is 1. The van der Waals surface area contributed by atoms with Gasteiger partial charge in [-0.15, -0.1) is 11.6 Å². The maximum Gasteiger partial charge on any atom is 0.295 e. The van der Waals surface area contributed by atoms with E-state index in [9.17, 15) is 10.1 Å². The first kappa shape index (κ1) is 12.4. The van der Waals surface area contributed by atoms with Crippen molar-refractivity contribution in [1.29, 1.82) is 0 Å². The lowest BCUT2D eigenvalue weighted by Gasteiger charge is -2.04. The molecule has 6 nitrogen and oxygen atoms in total. The van der Waals surface area contributed by atoms with Gasteiger partial charge in [-0.2, -0.15) is 0 Å². The summed E-state index contributed by atoms with van der Waals surface area (Å²) in [6, 6.07) is 4.30. The maximum absolute atomic E-state index is 10.7. The van der Waals surface area contributed by atoms with Gasteiger partial charge in [0.1, 0.15) is 11.5 Å². The van der Waals surface area contributed by atoms with E-state index in [0.29, 0.717) is 5.56 Å². The van der Waals surface area contributed by atoms with Crippen molar-refractivity contribution in [3.05, 3.63) is 33.9 Å². The van der Waals surface area contributed by atoms with Crippen LogP contribution in [0.15, 0.2) is 23.2 Å². The monoisotopic (exact) mass is 243 g/mol. The molecule has 0 bridgehead atoms. The van der Waals surface area contributed by atoms with Crippen LogP contribution in [0.2, 0.25) is 0 Å². The number of hydrogen-bond acceptors (Lipinski definition) is 4. The molecule has 86 valence electrons. The Hall–Kier alpha value is -1.66. The number of hydrogen-bond donors (Lipinski definition) is 2. The molecule has 7 heteroatoms. The summed E-state index contributed by atoms with van der Waals surface area (Å²) in [5.41, 5.74) is 5.59. The predicted molar refractivity (Wildman–Crippen MR) is 61.0 cm³/mol. The molecule has 0 aliphatic heterocycles. The summed E-state index contributed by atoms with van der Waals surface area (Å²) in [4.78, 5) is 14.0. The molecule has 0 saturated heterocycles. The molecule has 0 atom stereocenters. The van der Waals surface area contributed by atoms with Gasteiger partial charge in [0.25, 0.3) is 5.69 Å². The zero-order valence-corrected chi connectivity index (χ0v) is 9.02. The number of halogens is 1. The van der Waals surface area contributed by atoms with Crippen LogP contribution in [-0.4, -0.2) is 21.7 Å². The lowest BCUT2D eigenvalue weighted by atomic mass is 10.1. The average Bonchev–Trinajstić information content (AvgIpc) is 2.28. The highest BCUT2D eigenvalue weighted by Crippen LogP contribution is 2.31. The van der Waals surface area contributed by atoms with Gasteiger partial charge >= 0.3 is 0 Å². The minimum absolute atomic E-state index is 0.0308. The molecule has 0 unspecified atom stereocenters. The molecule has 0 aliphatic carbocycles. The number of aliphatic hydroxyl groups excluding tert-OH is 1. The van der Waals surface area contributed by atoms with Crippen LogP contribution in [0, 0.1) is 10.1 Å². The van der Waals surface area contributed by atoms with Crippen molar-refractivity contribution in [3.8, 4) is 0 Å². The van der Waals surface area contributed by atoms with E-state index < -0.39 is 4.92 Å². The summed E-state index contributed by atoms with van der Waals surface area (Å²) in [7, 11) is 0. The molecule has 0 saturated carbocycles. The molecular formula is C9H10ClN3O3. The van der Waals surface area contributed by atoms with Crippen molar-refractivity contribution >= 4 is 28.8 Å². The molecule has 0 fully saturated rings. The molecule has 0 aliphatic rings. The van der Waals surface area contributed by atoms with E-state index in [1.54, 1.807) is 0 Å². The molecule has 0 heterocycles. The number of benzene rings is 1. The van der Waals surface area contributed by atoms with Crippen LogP contribution in [0.1, 0.15) is 5.56 Å². The second-order valence-corrected chi connectivity index (χ2v) is 3.20. The van der Waals surface area contributed by atoms with Crippen LogP contribution in [0.5, 0.6) is 0 Å². The molecule has 0 spiro atoms. The Balaban J connectivity index is 3.36. The number of nitro groups is 1. The average molecular weight is 244 g/mol. The third-order valence-corrected chi connectivity index (χ3v) is 2.13. The summed E-state index contributed by atoms with van der Waals surface area (Å²) in [6.07, 6.45) is 0. The van der Waals surface area contributed by atoms with Crippen LogP contribution in [0.25, 0.3) is 0 Å². The third-order valence-electron chi connectivity index (χ3n) is 1.86. The second kappa shape index (κ2) is 5.43. The Bertz CT molecular complexity index is 434. The van der Waals surface area contributed by atoms with Gasteiger partial charge in [0.05, 0.1) is 17.4 Å². The highest BCUT2D eigenvalue weighted by Gasteiger charge is 2.16. The second-order valence-electron chi connectivity index (χ2n) is 2.94. The molecular weight excluding hydrogens is 234 g/mol. The highest BCUT2D eigenvalue weighted by atomic mass is 35.5. The van der Waals surface area contributed by atoms with Crippen LogP contribution in [0.3, 0.4) is 0 Å². The van der Waals surface area contributed by atoms with E-state index in [2.05, 4.69) is 4.99 Å². The molecule has 1 rings (SSSR count). The number of rotatable bonds is 4. The first-order chi connectivity index (χ1) is 7.60. The largest absolute Gasteiger partial charge is 0.392 e. The lowest BCUT2D eigenvalue weighted by molar-refractivity contribution is -0.384. The number of nitrogens with zero attached hydrogens (tertiary/aromatic N) is 2. The van der Waals surface area contributed by atoms with E-state index in [-0.39, 0.29) is 29.7 Å². The molecule has 1 aromatic rings. The minimum atomic E-state index is -0.584. The van der Waals surface area contributed by atoms with E-state index >= 15 is 0 Å². The highest BCUT2D eigenvalue weighted by molar-refractivity contribution is 6.28. The molecule has 3 N–H and O–H groups in total. The number of alkyl halides is 1. The molecule has 16 heavy (non-hydrogen) atoms. The number of amidine groups is 1. The summed E-state index contributed by atoms with van der Waals surface area (Å²) in [6.45, 7) is -0.351. The lowest BCUT2D eigenvalue weighted by Crippen LogP contribution is -2.12. The van der Waals surface area contributed by atoms with Gasteiger partial charge in [-0.25, -0.2) is 4.99 Å². The van der Waals surface area contributed by atoms with Crippen LogP contribution >= 0.6 is 11.6 Å². The van der Waals surface area contributed by atoms with Crippen molar-refractivity contribution in [1.82, 2.24) is 0 Å². The first-order valence-corrected chi connectivity index (χ1v) is 4.89. The normalized spacial score (nSPS) is 11.5. The number of nitro benzene ring substituents is 1. The Morgan fingerprint density at radius 3 is 2.81 bits per heavy atom. The van der Waals surface area contributed by atoms with Gasteiger partial charge in [0.15, 0.2) is 0 Å². The van der Waals surface area contributed by atoms with E-state index in [1.807, 2.05) is 0 Å². The quantitative estimate of drug-likeness (QED) is 0.274. The van der Waals surface area contributed by atoms with Crippen molar-refractivity contribution in [2.24, 2.45) is 10.7 Å². The SMILES string of the molecule is NC(CCl)=Nc1c(CO)cccc1[N+](=O)[O-]. The van der Waals surface area contributed by atoms with Gasteiger partial charge in [-0.05, 0) is 0 Å². The van der Waals surface area contributed by atoms with Crippen LogP contribution in [0.4, 0.5) is 11.4 Å². The van der Waals surface area contributed by atoms with Gasteiger partial charge < -0.3 is 10.8 Å². The smallest absolute Gasteiger partial charge is 0.295 e. The zero-order valence-electron chi connectivity index (χ0n) is 8.26. The fraction of sp³-hybridized carbons (Fsp3) is 0.222. The van der Waals surface area contributed by atoms with Gasteiger partial charge in [0, 0.05) is 11.6 Å². The maximum atomic E-state index is 10.7.